The molecule has 1 aliphatic rings. The number of thiophene rings is 1. The molecule has 0 radical (unpaired) electrons. The van der Waals surface area contributed by atoms with E-state index in [1.54, 1.807) is 18.4 Å². The van der Waals surface area contributed by atoms with Gasteiger partial charge in [-0.15, -0.1) is 11.3 Å². The average Bonchev–Trinajstić information content (AvgIpc) is 2.95. The van der Waals surface area contributed by atoms with E-state index in [1.807, 2.05) is 24.3 Å². The van der Waals surface area contributed by atoms with Crippen molar-refractivity contribution in [1.82, 2.24) is 0 Å². The molecule has 1 amide bonds. The number of fused-ring (bicyclic) bond motifs is 1. The zero-order chi connectivity index (χ0) is 17.8. The molecule has 0 bridgehead atoms. The monoisotopic (exact) mass is 360 g/mol. The Labute approximate surface area is 151 Å². The molecule has 0 fully saturated rings. The number of carbonyl (C=O) groups excluding carboxylic acids is 1. The quantitative estimate of drug-likeness (QED) is 0.739. The van der Waals surface area contributed by atoms with E-state index in [0.717, 1.165) is 41.1 Å². The number of hydrogen-bond donors (Lipinski definition) is 3. The molecule has 1 aromatic heterocycles. The summed E-state index contributed by atoms with van der Waals surface area (Å²) in [4.78, 5) is 13.5. The smallest absolute Gasteiger partial charge is 0.225 e. The highest BCUT2D eigenvalue weighted by Crippen LogP contribution is 2.41. The normalized spacial score (nSPS) is 16.3. The highest BCUT2D eigenvalue weighted by atomic mass is 32.1. The molecular formula is C19H24N2O3S. The molecule has 1 aliphatic carbocycles. The molecule has 0 aliphatic heterocycles. The van der Waals surface area contributed by atoms with Crippen LogP contribution in [0.3, 0.4) is 0 Å². The number of nitrogens with two attached hydrogens (primary N) is 1. The lowest BCUT2D eigenvalue weighted by Crippen LogP contribution is -2.16. The molecule has 1 atom stereocenters. The van der Waals surface area contributed by atoms with Gasteiger partial charge >= 0.3 is 0 Å². The molecule has 3 rings (SSSR count). The molecule has 2 aromatic rings. The van der Waals surface area contributed by atoms with Crippen molar-refractivity contribution in [2.75, 3.05) is 24.8 Å². The van der Waals surface area contributed by atoms with E-state index in [9.17, 15) is 9.90 Å². The summed E-state index contributed by atoms with van der Waals surface area (Å²) in [6, 6.07) is 7.75. The number of ether oxygens (including phenoxy) is 1. The van der Waals surface area contributed by atoms with Gasteiger partial charge < -0.3 is 20.9 Å². The minimum Gasteiger partial charge on any atom is -0.497 e. The van der Waals surface area contributed by atoms with E-state index in [1.165, 1.54) is 4.88 Å². The van der Waals surface area contributed by atoms with Crippen molar-refractivity contribution >= 4 is 27.9 Å². The second kappa shape index (κ2) is 7.89. The number of benzene rings is 1. The predicted molar refractivity (Wildman–Crippen MR) is 101 cm³/mol. The van der Waals surface area contributed by atoms with Gasteiger partial charge in [-0.25, -0.2) is 0 Å². The summed E-state index contributed by atoms with van der Waals surface area (Å²) in [5.41, 5.74) is 9.14. The first-order chi connectivity index (χ1) is 12.1. The first-order valence-corrected chi connectivity index (χ1v) is 9.36. The Kier molecular flexibility index (Phi) is 5.60. The van der Waals surface area contributed by atoms with E-state index < -0.39 is 0 Å². The maximum atomic E-state index is 12.3. The topological polar surface area (TPSA) is 84.6 Å². The van der Waals surface area contributed by atoms with Crippen LogP contribution in [0, 0.1) is 5.92 Å². The van der Waals surface area contributed by atoms with Crippen molar-refractivity contribution in [3.05, 3.63) is 40.3 Å². The molecule has 4 N–H and O–H groups in total. The third-order valence-corrected chi connectivity index (χ3v) is 5.88. The number of nitrogens with one attached hydrogen (secondary N) is 1. The molecule has 1 aromatic carbocycles. The summed E-state index contributed by atoms with van der Waals surface area (Å²) in [6.45, 7) is 0.208. The standard InChI is InChI=1S/C19H24N2O3S/c1-24-14-4-2-3-12(9-14)6-8-17(23)21-19-18(20)15-7-5-13(11-22)10-16(15)25-19/h2-4,9,13,22H,5-8,10-11,20H2,1H3,(H,21,23). The van der Waals surface area contributed by atoms with Crippen LogP contribution in [0.5, 0.6) is 5.75 Å². The summed E-state index contributed by atoms with van der Waals surface area (Å²) < 4.78 is 5.20. The van der Waals surface area contributed by atoms with Gasteiger partial charge in [0.05, 0.1) is 12.8 Å². The van der Waals surface area contributed by atoms with E-state index in [-0.39, 0.29) is 12.5 Å². The first kappa shape index (κ1) is 17.8. The van der Waals surface area contributed by atoms with Crippen molar-refractivity contribution < 1.29 is 14.6 Å². The number of hydrogen-bond acceptors (Lipinski definition) is 5. The van der Waals surface area contributed by atoms with Gasteiger partial charge in [-0.05, 0) is 54.9 Å². The van der Waals surface area contributed by atoms with Gasteiger partial charge in [0.1, 0.15) is 10.8 Å². The molecule has 5 nitrogen and oxygen atoms in total. The summed E-state index contributed by atoms with van der Waals surface area (Å²) >= 11 is 1.55. The minimum absolute atomic E-state index is 0.0353. The van der Waals surface area contributed by atoms with Crippen LogP contribution < -0.4 is 15.8 Å². The maximum Gasteiger partial charge on any atom is 0.225 e. The van der Waals surface area contributed by atoms with Crippen molar-refractivity contribution in [2.45, 2.75) is 32.1 Å². The highest BCUT2D eigenvalue weighted by molar-refractivity contribution is 7.17. The van der Waals surface area contributed by atoms with Crippen molar-refractivity contribution in [3.8, 4) is 5.75 Å². The highest BCUT2D eigenvalue weighted by Gasteiger charge is 2.24. The van der Waals surface area contributed by atoms with Crippen LogP contribution in [0.1, 0.15) is 28.8 Å². The lowest BCUT2D eigenvalue weighted by Gasteiger charge is -2.19. The van der Waals surface area contributed by atoms with Crippen LogP contribution in [0.15, 0.2) is 24.3 Å². The Morgan fingerprint density at radius 2 is 2.32 bits per heavy atom. The number of nitrogen functional groups attached to an aromatic ring is 1. The maximum absolute atomic E-state index is 12.3. The number of amides is 1. The molecule has 1 heterocycles. The van der Waals surface area contributed by atoms with Gasteiger partial charge in [0.2, 0.25) is 5.91 Å². The van der Waals surface area contributed by atoms with Gasteiger partial charge in [-0.2, -0.15) is 0 Å². The van der Waals surface area contributed by atoms with E-state index in [0.29, 0.717) is 24.4 Å². The molecule has 0 spiro atoms. The third kappa shape index (κ3) is 4.14. The number of aliphatic hydroxyl groups is 1. The Morgan fingerprint density at radius 3 is 3.08 bits per heavy atom. The zero-order valence-electron chi connectivity index (χ0n) is 14.4. The summed E-state index contributed by atoms with van der Waals surface area (Å²) in [6.07, 6.45) is 3.73. The number of anilines is 2. The Morgan fingerprint density at radius 1 is 1.48 bits per heavy atom. The third-order valence-electron chi connectivity index (χ3n) is 4.69. The predicted octanol–water partition coefficient (Wildman–Crippen LogP) is 3.01. The fraction of sp³-hybridized carbons (Fsp3) is 0.421. The van der Waals surface area contributed by atoms with Crippen LogP contribution in [-0.2, 0) is 24.1 Å². The van der Waals surface area contributed by atoms with Crippen molar-refractivity contribution in [2.24, 2.45) is 5.92 Å². The first-order valence-electron chi connectivity index (χ1n) is 8.54. The number of rotatable bonds is 6. The summed E-state index contributed by atoms with van der Waals surface area (Å²) in [5, 5.41) is 13.1. The molecule has 0 saturated heterocycles. The average molecular weight is 360 g/mol. The van der Waals surface area contributed by atoms with Crippen LogP contribution in [0.2, 0.25) is 0 Å². The summed E-state index contributed by atoms with van der Waals surface area (Å²) in [5.74, 6) is 1.07. The number of methoxy groups -OCH3 is 1. The largest absolute Gasteiger partial charge is 0.497 e. The van der Waals surface area contributed by atoms with Crippen LogP contribution in [-0.4, -0.2) is 24.7 Å². The second-order valence-electron chi connectivity index (χ2n) is 6.44. The lowest BCUT2D eigenvalue weighted by atomic mass is 9.89. The van der Waals surface area contributed by atoms with Gasteiger partial charge in [-0.3, -0.25) is 4.79 Å². The van der Waals surface area contributed by atoms with Crippen LogP contribution in [0.4, 0.5) is 10.7 Å². The summed E-state index contributed by atoms with van der Waals surface area (Å²) in [7, 11) is 1.63. The minimum atomic E-state index is -0.0353. The van der Waals surface area contributed by atoms with Gasteiger partial charge in [0.15, 0.2) is 0 Å². The Balaban J connectivity index is 1.60. The molecule has 6 heteroatoms. The molecule has 1 unspecified atom stereocenters. The molecule has 134 valence electrons. The fourth-order valence-electron chi connectivity index (χ4n) is 3.20. The zero-order valence-corrected chi connectivity index (χ0v) is 15.2. The van der Waals surface area contributed by atoms with Gasteiger partial charge in [-0.1, -0.05) is 12.1 Å². The lowest BCUT2D eigenvalue weighted by molar-refractivity contribution is -0.116. The van der Waals surface area contributed by atoms with Crippen molar-refractivity contribution in [3.63, 3.8) is 0 Å². The van der Waals surface area contributed by atoms with Crippen LogP contribution >= 0.6 is 11.3 Å². The molecule has 0 saturated carbocycles. The van der Waals surface area contributed by atoms with Crippen molar-refractivity contribution in [1.29, 1.82) is 0 Å². The van der Waals surface area contributed by atoms with E-state index >= 15 is 0 Å². The Bertz CT molecular complexity index is 757. The second-order valence-corrected chi connectivity index (χ2v) is 7.54. The van der Waals surface area contributed by atoms with Crippen LogP contribution in [0.25, 0.3) is 0 Å². The molecule has 25 heavy (non-hydrogen) atoms. The van der Waals surface area contributed by atoms with E-state index in [4.69, 9.17) is 10.5 Å². The van der Waals surface area contributed by atoms with Gasteiger partial charge in [0, 0.05) is 17.9 Å². The number of carbonyl (C=O) groups is 1. The molecular weight excluding hydrogens is 336 g/mol. The van der Waals surface area contributed by atoms with Gasteiger partial charge in [0.25, 0.3) is 0 Å². The number of aliphatic hydroxyl groups excluding tert-OH is 1. The fourth-order valence-corrected chi connectivity index (χ4v) is 4.50. The number of aryl methyl sites for hydroxylation is 1. The SMILES string of the molecule is COc1cccc(CCC(=O)Nc2sc3c(c2N)CCC(CO)C3)c1. The van der Waals surface area contributed by atoms with E-state index in [2.05, 4.69) is 5.32 Å². The Hall–Kier alpha value is -2.05.